The Labute approximate surface area is 112 Å². The van der Waals surface area contributed by atoms with Crippen molar-refractivity contribution in [3.05, 3.63) is 0 Å². The topological polar surface area (TPSA) is 41.6 Å². The highest BCUT2D eigenvalue weighted by Gasteiger charge is 2.33. The quantitative estimate of drug-likeness (QED) is 0.643. The van der Waals surface area contributed by atoms with Crippen LogP contribution in [0.4, 0.5) is 0 Å². The van der Waals surface area contributed by atoms with Crippen LogP contribution in [0.5, 0.6) is 0 Å². The molecule has 18 heavy (non-hydrogen) atoms. The molecule has 4 heteroatoms. The fraction of sp³-hybridized carbons (Fsp3) is 0.929. The molecule has 0 aromatic heterocycles. The van der Waals surface area contributed by atoms with Crippen LogP contribution in [0.25, 0.3) is 0 Å². The SMILES string of the molecule is CCCNC(C)(CCN(C)C(C)CC)C(=O)OC. The summed E-state index contributed by atoms with van der Waals surface area (Å²) in [6, 6.07) is 0.540. The standard InChI is InChI=1S/C14H30N2O2/c1-7-10-15-14(4,13(17)18-6)9-11-16(5)12(3)8-2/h12,15H,7-11H2,1-6H3. The van der Waals surface area contributed by atoms with Crippen molar-refractivity contribution in [3.63, 3.8) is 0 Å². The Morgan fingerprint density at radius 1 is 1.44 bits per heavy atom. The molecule has 0 aliphatic carbocycles. The molecule has 0 saturated carbocycles. The molecule has 2 unspecified atom stereocenters. The van der Waals surface area contributed by atoms with Gasteiger partial charge in [-0.3, -0.25) is 4.79 Å². The summed E-state index contributed by atoms with van der Waals surface area (Å²) in [5, 5.41) is 3.31. The zero-order valence-electron chi connectivity index (χ0n) is 12.9. The van der Waals surface area contributed by atoms with Crippen LogP contribution in [0, 0.1) is 0 Å². The Kier molecular flexibility index (Phi) is 8.20. The minimum Gasteiger partial charge on any atom is -0.468 e. The molecule has 0 bridgehead atoms. The predicted octanol–water partition coefficient (Wildman–Crippen LogP) is 2.04. The van der Waals surface area contributed by atoms with Gasteiger partial charge in [0.15, 0.2) is 0 Å². The van der Waals surface area contributed by atoms with Crippen molar-refractivity contribution >= 4 is 5.97 Å². The number of esters is 1. The summed E-state index contributed by atoms with van der Waals surface area (Å²) >= 11 is 0. The first-order valence-electron chi connectivity index (χ1n) is 6.95. The zero-order valence-corrected chi connectivity index (χ0v) is 12.9. The van der Waals surface area contributed by atoms with E-state index in [0.717, 1.165) is 32.4 Å². The number of rotatable bonds is 9. The van der Waals surface area contributed by atoms with E-state index in [1.54, 1.807) is 0 Å². The van der Waals surface area contributed by atoms with E-state index < -0.39 is 5.54 Å². The van der Waals surface area contributed by atoms with E-state index in [2.05, 4.69) is 38.0 Å². The summed E-state index contributed by atoms with van der Waals surface area (Å²) in [5.41, 5.74) is -0.577. The Balaban J connectivity index is 4.45. The molecule has 0 spiro atoms. The number of ether oxygens (including phenoxy) is 1. The van der Waals surface area contributed by atoms with Crippen molar-refractivity contribution in [2.75, 3.05) is 27.2 Å². The van der Waals surface area contributed by atoms with Crippen LogP contribution in [-0.2, 0) is 9.53 Å². The van der Waals surface area contributed by atoms with Gasteiger partial charge in [-0.1, -0.05) is 13.8 Å². The highest BCUT2D eigenvalue weighted by Crippen LogP contribution is 2.14. The summed E-state index contributed by atoms with van der Waals surface area (Å²) in [4.78, 5) is 14.2. The Morgan fingerprint density at radius 3 is 2.50 bits per heavy atom. The second kappa shape index (κ2) is 8.48. The molecule has 2 atom stereocenters. The molecule has 1 N–H and O–H groups in total. The number of nitrogens with one attached hydrogen (secondary N) is 1. The van der Waals surface area contributed by atoms with Crippen LogP contribution >= 0.6 is 0 Å². The maximum Gasteiger partial charge on any atom is 0.325 e. The highest BCUT2D eigenvalue weighted by molar-refractivity contribution is 5.80. The lowest BCUT2D eigenvalue weighted by Gasteiger charge is -2.31. The lowest BCUT2D eigenvalue weighted by Crippen LogP contribution is -2.52. The van der Waals surface area contributed by atoms with Crippen molar-refractivity contribution in [1.82, 2.24) is 10.2 Å². The monoisotopic (exact) mass is 258 g/mol. The summed E-state index contributed by atoms with van der Waals surface area (Å²) in [6.07, 6.45) is 2.89. The van der Waals surface area contributed by atoms with Crippen LogP contribution in [0.3, 0.4) is 0 Å². The van der Waals surface area contributed by atoms with Crippen LogP contribution in [0.2, 0.25) is 0 Å². The molecule has 0 heterocycles. The fourth-order valence-electron chi connectivity index (χ4n) is 1.82. The fourth-order valence-corrected chi connectivity index (χ4v) is 1.82. The molecule has 0 aliphatic rings. The molecular formula is C14H30N2O2. The number of hydrogen-bond acceptors (Lipinski definition) is 4. The third kappa shape index (κ3) is 5.36. The van der Waals surface area contributed by atoms with Crippen molar-refractivity contribution in [2.24, 2.45) is 0 Å². The minimum absolute atomic E-state index is 0.173. The number of nitrogens with zero attached hydrogens (tertiary/aromatic N) is 1. The van der Waals surface area contributed by atoms with Gasteiger partial charge in [-0.25, -0.2) is 0 Å². The van der Waals surface area contributed by atoms with Crippen LogP contribution < -0.4 is 5.32 Å². The lowest BCUT2D eigenvalue weighted by atomic mass is 9.97. The van der Waals surface area contributed by atoms with Crippen LogP contribution in [0.15, 0.2) is 0 Å². The summed E-state index contributed by atoms with van der Waals surface area (Å²) in [6.45, 7) is 10.1. The van der Waals surface area contributed by atoms with Gasteiger partial charge in [-0.2, -0.15) is 0 Å². The smallest absolute Gasteiger partial charge is 0.325 e. The van der Waals surface area contributed by atoms with E-state index >= 15 is 0 Å². The Morgan fingerprint density at radius 2 is 2.06 bits per heavy atom. The maximum absolute atomic E-state index is 11.9. The van der Waals surface area contributed by atoms with Gasteiger partial charge in [-0.05, 0) is 46.7 Å². The maximum atomic E-state index is 11.9. The first-order chi connectivity index (χ1) is 8.41. The molecule has 0 aromatic rings. The van der Waals surface area contributed by atoms with Crippen molar-refractivity contribution in [2.45, 2.75) is 58.5 Å². The van der Waals surface area contributed by atoms with Crippen molar-refractivity contribution < 1.29 is 9.53 Å². The van der Waals surface area contributed by atoms with Gasteiger partial charge in [0.2, 0.25) is 0 Å². The lowest BCUT2D eigenvalue weighted by molar-refractivity contribution is -0.148. The number of carbonyl (C=O) groups excluding carboxylic acids is 1. The highest BCUT2D eigenvalue weighted by atomic mass is 16.5. The molecule has 0 aliphatic heterocycles. The number of hydrogen-bond donors (Lipinski definition) is 1. The van der Waals surface area contributed by atoms with Crippen LogP contribution in [0.1, 0.15) is 47.0 Å². The molecule has 0 fully saturated rings. The Bertz CT molecular complexity index is 246. The first-order valence-corrected chi connectivity index (χ1v) is 6.95. The van der Waals surface area contributed by atoms with Gasteiger partial charge >= 0.3 is 5.97 Å². The molecule has 4 nitrogen and oxygen atoms in total. The van der Waals surface area contributed by atoms with Crippen molar-refractivity contribution in [3.8, 4) is 0 Å². The average Bonchev–Trinajstić information content (AvgIpc) is 2.40. The van der Waals surface area contributed by atoms with E-state index in [0.29, 0.717) is 6.04 Å². The van der Waals surface area contributed by atoms with E-state index in [1.807, 2.05) is 6.92 Å². The molecule has 0 saturated heterocycles. The van der Waals surface area contributed by atoms with E-state index in [-0.39, 0.29) is 5.97 Å². The average molecular weight is 258 g/mol. The molecule has 0 rings (SSSR count). The van der Waals surface area contributed by atoms with E-state index in [4.69, 9.17) is 4.74 Å². The molecule has 0 aromatic carbocycles. The van der Waals surface area contributed by atoms with Gasteiger partial charge in [-0.15, -0.1) is 0 Å². The van der Waals surface area contributed by atoms with E-state index in [9.17, 15) is 4.79 Å². The van der Waals surface area contributed by atoms with Gasteiger partial charge in [0.1, 0.15) is 5.54 Å². The summed E-state index contributed by atoms with van der Waals surface area (Å²) in [7, 11) is 3.55. The first kappa shape index (κ1) is 17.4. The summed E-state index contributed by atoms with van der Waals surface area (Å²) in [5.74, 6) is -0.173. The van der Waals surface area contributed by atoms with Crippen molar-refractivity contribution in [1.29, 1.82) is 0 Å². The van der Waals surface area contributed by atoms with Gasteiger partial charge in [0.25, 0.3) is 0 Å². The third-order valence-electron chi connectivity index (χ3n) is 3.71. The van der Waals surface area contributed by atoms with Gasteiger partial charge in [0, 0.05) is 12.6 Å². The molecule has 108 valence electrons. The largest absolute Gasteiger partial charge is 0.468 e. The van der Waals surface area contributed by atoms with E-state index in [1.165, 1.54) is 7.11 Å². The second-order valence-corrected chi connectivity index (χ2v) is 5.24. The number of methoxy groups -OCH3 is 1. The summed E-state index contributed by atoms with van der Waals surface area (Å²) < 4.78 is 4.91. The minimum atomic E-state index is -0.577. The zero-order chi connectivity index (χ0) is 14.2. The Hall–Kier alpha value is -0.610. The third-order valence-corrected chi connectivity index (χ3v) is 3.71. The van der Waals surface area contributed by atoms with Crippen LogP contribution in [-0.4, -0.2) is 49.7 Å². The molecule has 0 radical (unpaired) electrons. The normalized spacial score (nSPS) is 16.4. The van der Waals surface area contributed by atoms with Gasteiger partial charge < -0.3 is 15.0 Å². The predicted molar refractivity (Wildman–Crippen MR) is 75.7 cm³/mol. The van der Waals surface area contributed by atoms with Gasteiger partial charge in [0.05, 0.1) is 7.11 Å². The molecular weight excluding hydrogens is 228 g/mol. The molecule has 0 amide bonds. The number of carbonyl (C=O) groups is 1. The second-order valence-electron chi connectivity index (χ2n) is 5.24.